The van der Waals surface area contributed by atoms with Crippen LogP contribution in [-0.2, 0) is 9.59 Å². The quantitative estimate of drug-likeness (QED) is 0.599. The minimum absolute atomic E-state index is 0.510. The van der Waals surface area contributed by atoms with Gasteiger partial charge in [-0.15, -0.1) is 0 Å². The third-order valence-electron chi connectivity index (χ3n) is 3.67. The first kappa shape index (κ1) is 18.2. The Hall–Kier alpha value is -1.88. The Balaban J connectivity index is 2.37. The van der Waals surface area contributed by atoms with Crippen molar-refractivity contribution in [3.8, 4) is 0 Å². The van der Waals surface area contributed by atoms with E-state index in [1.54, 1.807) is 0 Å². The van der Waals surface area contributed by atoms with Crippen molar-refractivity contribution in [2.24, 2.45) is 0 Å². The number of anilines is 1. The molecular formula is C17H27N3O2. The first-order valence-electron chi connectivity index (χ1n) is 7.86. The first-order chi connectivity index (χ1) is 10.5. The predicted octanol–water partition coefficient (Wildman–Crippen LogP) is 2.09. The second-order valence-corrected chi connectivity index (χ2v) is 5.41. The van der Waals surface area contributed by atoms with E-state index in [-0.39, 0.29) is 0 Å². The van der Waals surface area contributed by atoms with Crippen molar-refractivity contribution in [2.75, 3.05) is 31.5 Å². The lowest BCUT2D eigenvalue weighted by Gasteiger charge is -2.17. The van der Waals surface area contributed by atoms with Crippen LogP contribution in [0.3, 0.4) is 0 Å². The molecule has 0 radical (unpaired) electrons. The summed E-state index contributed by atoms with van der Waals surface area (Å²) in [5, 5.41) is 5.31. The molecule has 0 bridgehead atoms. The van der Waals surface area contributed by atoms with E-state index in [1.165, 1.54) is 0 Å². The molecule has 0 atom stereocenters. The van der Waals surface area contributed by atoms with E-state index in [0.717, 1.165) is 37.2 Å². The number of hydrogen-bond donors (Lipinski definition) is 2. The largest absolute Gasteiger partial charge is 0.348 e. The van der Waals surface area contributed by atoms with Gasteiger partial charge in [0, 0.05) is 12.2 Å². The molecule has 0 unspecified atom stereocenters. The van der Waals surface area contributed by atoms with E-state index in [1.807, 2.05) is 32.0 Å². The lowest BCUT2D eigenvalue weighted by molar-refractivity contribution is -0.136. The number of rotatable bonds is 7. The lowest BCUT2D eigenvalue weighted by Crippen LogP contribution is -2.37. The van der Waals surface area contributed by atoms with Gasteiger partial charge in [0.25, 0.3) is 0 Å². The van der Waals surface area contributed by atoms with Crippen LogP contribution < -0.4 is 10.6 Å². The average Bonchev–Trinajstić information content (AvgIpc) is 2.50. The maximum atomic E-state index is 11.9. The van der Waals surface area contributed by atoms with Gasteiger partial charge in [0.05, 0.1) is 0 Å². The molecule has 1 aromatic rings. The number of aryl methyl sites for hydroxylation is 2. The molecule has 2 amide bonds. The van der Waals surface area contributed by atoms with E-state index in [9.17, 15) is 9.59 Å². The molecule has 0 spiro atoms. The predicted molar refractivity (Wildman–Crippen MR) is 90.0 cm³/mol. The van der Waals surface area contributed by atoms with E-state index in [0.29, 0.717) is 12.2 Å². The van der Waals surface area contributed by atoms with Crippen molar-refractivity contribution in [1.82, 2.24) is 10.2 Å². The van der Waals surface area contributed by atoms with Gasteiger partial charge in [0.15, 0.2) is 0 Å². The Morgan fingerprint density at radius 1 is 1.09 bits per heavy atom. The zero-order chi connectivity index (χ0) is 16.5. The summed E-state index contributed by atoms with van der Waals surface area (Å²) in [7, 11) is 0. The molecule has 0 saturated carbocycles. The molecular weight excluding hydrogens is 278 g/mol. The third-order valence-corrected chi connectivity index (χ3v) is 3.67. The van der Waals surface area contributed by atoms with Crippen molar-refractivity contribution in [2.45, 2.75) is 34.1 Å². The lowest BCUT2D eigenvalue weighted by atomic mass is 10.1. The molecule has 0 heterocycles. The summed E-state index contributed by atoms with van der Waals surface area (Å²) < 4.78 is 0. The van der Waals surface area contributed by atoms with Crippen LogP contribution in [0.15, 0.2) is 18.2 Å². The number of nitrogens with one attached hydrogen (secondary N) is 2. The van der Waals surface area contributed by atoms with Gasteiger partial charge < -0.3 is 15.5 Å². The van der Waals surface area contributed by atoms with Crippen molar-refractivity contribution in [3.05, 3.63) is 29.3 Å². The summed E-state index contributed by atoms with van der Waals surface area (Å²) >= 11 is 0. The van der Waals surface area contributed by atoms with Crippen LogP contribution in [0, 0.1) is 13.8 Å². The van der Waals surface area contributed by atoms with Crippen molar-refractivity contribution in [1.29, 1.82) is 0 Å². The van der Waals surface area contributed by atoms with Crippen molar-refractivity contribution < 1.29 is 9.59 Å². The van der Waals surface area contributed by atoms with Gasteiger partial charge in [-0.05, 0) is 51.5 Å². The number of carbonyl (C=O) groups excluding carboxylic acids is 2. The van der Waals surface area contributed by atoms with Gasteiger partial charge in [0.1, 0.15) is 0 Å². The highest BCUT2D eigenvalue weighted by Gasteiger charge is 2.14. The van der Waals surface area contributed by atoms with Gasteiger partial charge in [-0.2, -0.15) is 0 Å². The van der Waals surface area contributed by atoms with E-state index in [2.05, 4.69) is 29.4 Å². The van der Waals surface area contributed by atoms with Crippen LogP contribution in [0.25, 0.3) is 0 Å². The molecule has 2 N–H and O–H groups in total. The van der Waals surface area contributed by atoms with Gasteiger partial charge >= 0.3 is 11.8 Å². The molecule has 0 aliphatic heterocycles. The Morgan fingerprint density at radius 3 is 2.36 bits per heavy atom. The maximum Gasteiger partial charge on any atom is 0.313 e. The normalized spacial score (nSPS) is 10.6. The van der Waals surface area contributed by atoms with Crippen molar-refractivity contribution in [3.63, 3.8) is 0 Å². The molecule has 0 aromatic heterocycles. The summed E-state index contributed by atoms with van der Waals surface area (Å²) in [6.07, 6.45) is 0.838. The number of nitrogens with zero attached hydrogens (tertiary/aromatic N) is 1. The molecule has 0 saturated heterocycles. The van der Waals surface area contributed by atoms with Gasteiger partial charge in [-0.25, -0.2) is 0 Å². The van der Waals surface area contributed by atoms with Crippen LogP contribution in [0.2, 0.25) is 0 Å². The highest BCUT2D eigenvalue weighted by atomic mass is 16.2. The summed E-state index contributed by atoms with van der Waals surface area (Å²) in [5.74, 6) is -1.20. The molecule has 0 aliphatic rings. The summed E-state index contributed by atoms with van der Waals surface area (Å²) in [5.41, 5.74) is 2.74. The SMILES string of the molecule is CCN(CC)CCCNC(=O)C(=O)Nc1ccc(C)cc1C. The minimum Gasteiger partial charge on any atom is -0.348 e. The Labute approximate surface area is 133 Å². The molecule has 1 rings (SSSR count). The maximum absolute atomic E-state index is 11.9. The van der Waals surface area contributed by atoms with Crippen LogP contribution in [0.5, 0.6) is 0 Å². The second-order valence-electron chi connectivity index (χ2n) is 5.41. The zero-order valence-corrected chi connectivity index (χ0v) is 14.0. The molecule has 122 valence electrons. The Bertz CT molecular complexity index is 511. The van der Waals surface area contributed by atoms with Crippen LogP contribution in [-0.4, -0.2) is 42.9 Å². The monoisotopic (exact) mass is 305 g/mol. The summed E-state index contributed by atoms with van der Waals surface area (Å²) in [4.78, 5) is 25.9. The van der Waals surface area contributed by atoms with Gasteiger partial charge in [0.2, 0.25) is 0 Å². The molecule has 0 fully saturated rings. The van der Waals surface area contributed by atoms with Crippen LogP contribution >= 0.6 is 0 Å². The van der Waals surface area contributed by atoms with Crippen LogP contribution in [0.4, 0.5) is 5.69 Å². The fourth-order valence-corrected chi connectivity index (χ4v) is 2.26. The number of carbonyl (C=O) groups is 2. The fourth-order valence-electron chi connectivity index (χ4n) is 2.26. The van der Waals surface area contributed by atoms with Crippen LogP contribution in [0.1, 0.15) is 31.4 Å². The van der Waals surface area contributed by atoms with Gasteiger partial charge in [-0.3, -0.25) is 9.59 Å². The second kappa shape index (κ2) is 9.20. The molecule has 0 aliphatic carbocycles. The van der Waals surface area contributed by atoms with E-state index >= 15 is 0 Å². The highest BCUT2D eigenvalue weighted by molar-refractivity contribution is 6.39. The molecule has 5 heteroatoms. The average molecular weight is 305 g/mol. The number of amides is 2. The summed E-state index contributed by atoms with van der Waals surface area (Å²) in [6, 6.07) is 5.69. The Kier molecular flexibility index (Phi) is 7.60. The highest BCUT2D eigenvalue weighted by Crippen LogP contribution is 2.15. The van der Waals surface area contributed by atoms with E-state index < -0.39 is 11.8 Å². The molecule has 22 heavy (non-hydrogen) atoms. The fraction of sp³-hybridized carbons (Fsp3) is 0.529. The Morgan fingerprint density at radius 2 is 1.77 bits per heavy atom. The van der Waals surface area contributed by atoms with Crippen molar-refractivity contribution >= 4 is 17.5 Å². The number of benzene rings is 1. The van der Waals surface area contributed by atoms with Gasteiger partial charge in [-0.1, -0.05) is 31.5 Å². The topological polar surface area (TPSA) is 61.4 Å². The molecule has 1 aromatic carbocycles. The molecule has 5 nitrogen and oxygen atoms in total. The smallest absolute Gasteiger partial charge is 0.313 e. The first-order valence-corrected chi connectivity index (χ1v) is 7.86. The third kappa shape index (κ3) is 5.85. The minimum atomic E-state index is -0.616. The zero-order valence-electron chi connectivity index (χ0n) is 14.0. The number of hydrogen-bond acceptors (Lipinski definition) is 3. The standard InChI is InChI=1S/C17H27N3O2/c1-5-20(6-2)11-7-10-18-16(21)17(22)19-15-9-8-13(3)12-14(15)4/h8-9,12H,5-7,10-11H2,1-4H3,(H,18,21)(H,19,22). The summed E-state index contributed by atoms with van der Waals surface area (Å²) in [6.45, 7) is 11.5. The van der Waals surface area contributed by atoms with E-state index in [4.69, 9.17) is 0 Å².